The second kappa shape index (κ2) is 32.5. The molecule has 1 saturated carbocycles. The van der Waals surface area contributed by atoms with E-state index in [0.29, 0.717) is 66.1 Å². The molecule has 5 atom stereocenters. The second-order valence-electron chi connectivity index (χ2n) is 30.4. The molecule has 576 valence electrons. The van der Waals surface area contributed by atoms with E-state index >= 15 is 0 Å². The lowest BCUT2D eigenvalue weighted by Gasteiger charge is -2.31. The summed E-state index contributed by atoms with van der Waals surface area (Å²) in [5.41, 5.74) is 11.0. The summed E-state index contributed by atoms with van der Waals surface area (Å²) in [7, 11) is 2.98. The third-order valence-corrected chi connectivity index (χ3v) is 22.2. The lowest BCUT2D eigenvalue weighted by Crippen LogP contribution is -2.50. The zero-order valence-electron chi connectivity index (χ0n) is 63.4. The first-order chi connectivity index (χ1) is 53.6. The standard InChI is InChI=1S/C85H91N11O15/c1-49(2)63(39-60(98)44-88-76(100)27-24-59(97)25-28-77(101)93-45-56-13-8-9-14-61(56)78-79(96(50(3)4)91-90-78)62-15-10-11-16-68(62)93)80(102)89-51(5)71(99)35-52-17-19-53(20-18-52)47-111-84(106)95-69-42-75(73(108-7)41-65(69)82(104)94-48-85(29-30-85)43-70(94)83(95)105)110-34-12-33-109-74-38-55-21-23-58-36-57(46-92(58)81(103)64(55)40-72(74)107-6)54-22-26-66-67(37-54)87-32-31-86-66/h8-11,13-20,22,26,31-32,37-38,40-42,46,49-51,58,63,70,83,105H,12,21,23-25,27-30,33-36,39,43-45,47-48H2,1-7H3,(H,88,100)(H,89,102)/t51-,58+,63-,70-,83?/m0/s1. The van der Waals surface area contributed by atoms with E-state index in [-0.39, 0.29) is 147 Å². The number of hydrogen-bond donors (Lipinski definition) is 3. The van der Waals surface area contributed by atoms with E-state index in [4.69, 9.17) is 23.7 Å². The number of aliphatic hydroxyl groups is 1. The van der Waals surface area contributed by atoms with Crippen LogP contribution in [0.4, 0.5) is 16.2 Å². The first kappa shape index (κ1) is 76.1. The van der Waals surface area contributed by atoms with Crippen LogP contribution in [0.15, 0.2) is 134 Å². The molecule has 7 heterocycles. The Hall–Kier alpha value is -11.7. The van der Waals surface area contributed by atoms with Crippen LogP contribution in [0.3, 0.4) is 0 Å². The molecule has 3 N–H and O–H groups in total. The summed E-state index contributed by atoms with van der Waals surface area (Å²) in [6, 6.07) is 33.1. The molecule has 26 nitrogen and oxygen atoms in total. The number of benzene rings is 6. The van der Waals surface area contributed by atoms with Crippen LogP contribution >= 0.6 is 0 Å². The summed E-state index contributed by atoms with van der Waals surface area (Å²) < 4.78 is 32.0. The Morgan fingerprint density at radius 3 is 2.12 bits per heavy atom. The van der Waals surface area contributed by atoms with Gasteiger partial charge in [-0.15, -0.1) is 5.10 Å². The molecule has 111 heavy (non-hydrogen) atoms. The zero-order valence-corrected chi connectivity index (χ0v) is 63.4. The van der Waals surface area contributed by atoms with Crippen LogP contribution in [-0.4, -0.2) is 158 Å². The number of aromatic nitrogens is 5. The minimum atomic E-state index is -1.49. The van der Waals surface area contributed by atoms with E-state index in [1.54, 1.807) is 73.3 Å². The fraction of sp³-hybridized carbons (Fsp3) is 0.400. The van der Waals surface area contributed by atoms with Crippen molar-refractivity contribution >= 4 is 81.0 Å². The number of amides is 6. The minimum Gasteiger partial charge on any atom is -0.493 e. The van der Waals surface area contributed by atoms with Gasteiger partial charge in [0.1, 0.15) is 18.1 Å². The van der Waals surface area contributed by atoms with Crippen molar-refractivity contribution in [2.45, 2.75) is 162 Å². The van der Waals surface area contributed by atoms with Crippen molar-refractivity contribution in [1.82, 2.24) is 45.4 Å². The maximum Gasteiger partial charge on any atom is 0.416 e. The molecule has 5 aliphatic heterocycles. The van der Waals surface area contributed by atoms with Crippen molar-refractivity contribution in [3.63, 3.8) is 0 Å². The van der Waals surface area contributed by atoms with Gasteiger partial charge in [-0.1, -0.05) is 91.9 Å². The number of ketones is 3. The summed E-state index contributed by atoms with van der Waals surface area (Å²) in [6.45, 7) is 9.53. The number of carbonyl (C=O) groups excluding carboxylic acids is 9. The number of rotatable bonds is 28. The van der Waals surface area contributed by atoms with Crippen molar-refractivity contribution in [3.05, 3.63) is 173 Å². The highest BCUT2D eigenvalue weighted by molar-refractivity contribution is 6.07. The third-order valence-electron chi connectivity index (χ3n) is 22.2. The van der Waals surface area contributed by atoms with Crippen LogP contribution in [0.2, 0.25) is 0 Å². The number of aliphatic hydroxyl groups excluding tert-OH is 1. The lowest BCUT2D eigenvalue weighted by atomic mass is 9.89. The fourth-order valence-electron chi connectivity index (χ4n) is 15.7. The highest BCUT2D eigenvalue weighted by Gasteiger charge is 2.58. The Labute approximate surface area is 642 Å². The summed E-state index contributed by atoms with van der Waals surface area (Å²) >= 11 is 0. The van der Waals surface area contributed by atoms with E-state index in [2.05, 4.69) is 30.9 Å². The fourth-order valence-corrected chi connectivity index (χ4v) is 15.7. The molecule has 6 aromatic carbocycles. The van der Waals surface area contributed by atoms with Gasteiger partial charge >= 0.3 is 6.09 Å². The Morgan fingerprint density at radius 2 is 1.39 bits per heavy atom. The number of hydrogen-bond acceptors (Lipinski definition) is 19. The third kappa shape index (κ3) is 16.2. The molecule has 1 aliphatic carbocycles. The molecular weight excluding hydrogens is 1410 g/mol. The Morgan fingerprint density at radius 1 is 0.694 bits per heavy atom. The lowest BCUT2D eigenvalue weighted by molar-refractivity contribution is -0.133. The number of para-hydroxylation sites is 1. The predicted molar refractivity (Wildman–Crippen MR) is 411 cm³/mol. The molecule has 1 unspecified atom stereocenters. The van der Waals surface area contributed by atoms with Crippen LogP contribution in [0, 0.1) is 17.3 Å². The molecule has 0 bridgehead atoms. The molecule has 2 aromatic heterocycles. The Balaban J connectivity index is 0.541. The van der Waals surface area contributed by atoms with E-state index in [1.165, 1.54) is 26.4 Å². The molecule has 0 radical (unpaired) electrons. The molecule has 14 rings (SSSR count). The number of anilines is 2. The van der Waals surface area contributed by atoms with E-state index in [9.17, 15) is 48.3 Å². The van der Waals surface area contributed by atoms with E-state index in [0.717, 1.165) is 80.0 Å². The highest BCUT2D eigenvalue weighted by Crippen LogP contribution is 2.57. The SMILES string of the molecule is COc1cc2c(cc1OCCCOc1cc3c(cc1OC)C(=O)N1CC4(CC4)C[C@H]1C(O)N3C(=O)OCc1ccc(CC(=O)[C@H](C)NC(=O)[C@@H](CC(=O)CNC(=O)CCC(=O)CCC(=O)N3Cc4ccccc4-c4nnn(C(C)C)c4-c4ccccc43)C(C)C)cc1)CC[C@@H]1CC(c3ccc4nccnc4c3)=CN1C2=O. The van der Waals surface area contributed by atoms with Gasteiger partial charge < -0.3 is 54.1 Å². The monoisotopic (exact) mass is 1510 g/mol. The van der Waals surface area contributed by atoms with Gasteiger partial charge in [0.25, 0.3) is 11.8 Å². The van der Waals surface area contributed by atoms with Crippen molar-refractivity contribution in [1.29, 1.82) is 0 Å². The molecule has 26 heteroatoms. The van der Waals surface area contributed by atoms with Crippen molar-refractivity contribution in [3.8, 4) is 45.5 Å². The van der Waals surface area contributed by atoms with Crippen LogP contribution in [0.1, 0.15) is 160 Å². The van der Waals surface area contributed by atoms with Crippen molar-refractivity contribution < 1.29 is 71.9 Å². The minimum absolute atomic E-state index is 0.0156. The van der Waals surface area contributed by atoms with Crippen molar-refractivity contribution in [2.75, 3.05) is 50.3 Å². The Kier molecular flexibility index (Phi) is 22.3. The van der Waals surface area contributed by atoms with Gasteiger partial charge in [-0.05, 0) is 140 Å². The number of Topliss-reactive ketones (excluding diaryl/α,β-unsaturated/α-hetero) is 3. The zero-order chi connectivity index (χ0) is 77.9. The molecule has 1 spiro atoms. The van der Waals surface area contributed by atoms with Gasteiger partial charge in [0.2, 0.25) is 17.7 Å². The molecular formula is C85H91N11O15. The summed E-state index contributed by atoms with van der Waals surface area (Å²) in [6.07, 6.45) is 6.83. The maximum atomic E-state index is 14.6. The quantitative estimate of drug-likeness (QED) is 0.0384. The average Bonchev–Trinajstić information content (AvgIpc) is 1.57. The van der Waals surface area contributed by atoms with Gasteiger partial charge in [-0.25, -0.2) is 14.4 Å². The first-order valence-corrected chi connectivity index (χ1v) is 38.1. The highest BCUT2D eigenvalue weighted by atomic mass is 16.6. The second-order valence-corrected chi connectivity index (χ2v) is 30.4. The summed E-state index contributed by atoms with van der Waals surface area (Å²) in [5, 5.41) is 26.7. The van der Waals surface area contributed by atoms with Crippen LogP contribution < -0.4 is 39.4 Å². The number of nitrogens with zero attached hydrogens (tertiary/aromatic N) is 9. The average molecular weight is 1510 g/mol. The smallest absolute Gasteiger partial charge is 0.416 e. The van der Waals surface area contributed by atoms with Gasteiger partial charge in [0.15, 0.2) is 40.8 Å². The maximum absolute atomic E-state index is 14.6. The van der Waals surface area contributed by atoms with E-state index in [1.807, 2.05) is 102 Å². The Bertz CT molecular complexity index is 5010. The molecule has 2 fully saturated rings. The van der Waals surface area contributed by atoms with Gasteiger partial charge in [-0.2, -0.15) is 0 Å². The number of aryl methyl sites for hydroxylation is 1. The van der Waals surface area contributed by atoms with Crippen molar-refractivity contribution in [2.24, 2.45) is 17.3 Å². The largest absolute Gasteiger partial charge is 0.493 e. The van der Waals surface area contributed by atoms with Crippen LogP contribution in [-0.2, 0) is 59.5 Å². The summed E-state index contributed by atoms with van der Waals surface area (Å²) in [5.74, 6) is -2.59. The van der Waals surface area contributed by atoms with Crippen LogP contribution in [0.5, 0.6) is 23.0 Å². The van der Waals surface area contributed by atoms with Crippen LogP contribution in [0.25, 0.3) is 39.1 Å². The van der Waals surface area contributed by atoms with Gasteiger partial charge in [0.05, 0.1) is 86.3 Å². The number of methoxy groups -OCH3 is 2. The topological polar surface area (TPSA) is 314 Å². The summed E-state index contributed by atoms with van der Waals surface area (Å²) in [4.78, 5) is 139. The predicted octanol–water partition coefficient (Wildman–Crippen LogP) is 11.3. The number of nitrogens with one attached hydrogen (secondary N) is 2. The number of carbonyl (C=O) groups is 9. The number of ether oxygens (including phenoxy) is 5. The normalized spacial score (nSPS) is 17.6. The first-order valence-electron chi connectivity index (χ1n) is 38.1. The molecule has 6 amide bonds. The van der Waals surface area contributed by atoms with Gasteiger partial charge in [-0.3, -0.25) is 48.3 Å². The molecule has 1 saturated heterocycles. The van der Waals surface area contributed by atoms with Gasteiger partial charge in [0, 0.05) is 111 Å². The molecule has 8 aromatic rings. The number of fused-ring (bicyclic) bond motifs is 10. The van der Waals surface area contributed by atoms with E-state index < -0.39 is 47.9 Å². The molecule has 6 aliphatic rings.